The number of carbonyl (C=O) groups is 1. The fraction of sp³-hybridized carbons (Fsp3) is 0.600. The second kappa shape index (κ2) is 7.99. The molecule has 1 aliphatic rings. The maximum absolute atomic E-state index is 12.3. The second-order valence-corrected chi connectivity index (χ2v) is 9.91. The summed E-state index contributed by atoms with van der Waals surface area (Å²) in [5, 5.41) is 10.6. The number of aryl methyl sites for hydroxylation is 2. The lowest BCUT2D eigenvalue weighted by Crippen LogP contribution is -2.22. The van der Waals surface area contributed by atoms with Gasteiger partial charge in [-0.15, -0.1) is 21.5 Å². The monoisotopic (exact) mass is 418 g/mol. The van der Waals surface area contributed by atoms with Gasteiger partial charge in [0.05, 0.1) is 11.1 Å². The summed E-state index contributed by atoms with van der Waals surface area (Å²) in [4.78, 5) is 19.5. The van der Waals surface area contributed by atoms with Gasteiger partial charge in [-0.05, 0) is 45.1 Å². The Balaban J connectivity index is 1.62. The predicted molar refractivity (Wildman–Crippen MR) is 113 cm³/mol. The number of thioether (sulfide) groups is 1. The number of fused-ring (bicyclic) bond motifs is 3. The van der Waals surface area contributed by atoms with Gasteiger partial charge in [0.25, 0.3) is 0 Å². The number of hydrogen-bond donors (Lipinski definition) is 0. The fourth-order valence-corrected chi connectivity index (χ4v) is 5.50. The molecule has 3 aromatic rings. The molecule has 8 heteroatoms. The van der Waals surface area contributed by atoms with Gasteiger partial charge in [-0.1, -0.05) is 32.0 Å². The Morgan fingerprint density at radius 3 is 2.71 bits per heavy atom. The first-order valence-corrected chi connectivity index (χ1v) is 11.7. The molecule has 0 radical (unpaired) electrons. The molecule has 0 aromatic carbocycles. The van der Waals surface area contributed by atoms with Crippen molar-refractivity contribution in [3.63, 3.8) is 0 Å². The molecular formula is C20H26N4O2S2. The first-order chi connectivity index (χ1) is 13.5. The number of hydrogen-bond acceptors (Lipinski definition) is 7. The van der Waals surface area contributed by atoms with Crippen LogP contribution in [0.1, 0.15) is 68.1 Å². The molecule has 1 aliphatic carbocycles. The van der Waals surface area contributed by atoms with Gasteiger partial charge in [0, 0.05) is 10.8 Å². The molecule has 1 fully saturated rings. The van der Waals surface area contributed by atoms with E-state index in [2.05, 4.69) is 37.9 Å². The lowest BCUT2D eigenvalue weighted by molar-refractivity contribution is -0.147. The number of esters is 1. The molecule has 0 N–H and O–H groups in total. The van der Waals surface area contributed by atoms with E-state index in [-0.39, 0.29) is 23.7 Å². The summed E-state index contributed by atoms with van der Waals surface area (Å²) in [6.07, 6.45) is 5.61. The van der Waals surface area contributed by atoms with Gasteiger partial charge in [-0.3, -0.25) is 9.20 Å². The highest BCUT2D eigenvalue weighted by Gasteiger charge is 2.22. The zero-order chi connectivity index (χ0) is 19.8. The number of aromatic nitrogens is 4. The highest BCUT2D eigenvalue weighted by molar-refractivity contribution is 7.99. The summed E-state index contributed by atoms with van der Waals surface area (Å²) in [7, 11) is 0. The summed E-state index contributed by atoms with van der Waals surface area (Å²) in [6, 6.07) is 0. The summed E-state index contributed by atoms with van der Waals surface area (Å²) in [5.74, 6) is 1.22. The smallest absolute Gasteiger partial charge is 0.316 e. The molecule has 4 rings (SSSR count). The molecule has 3 heterocycles. The number of ether oxygens (including phenoxy) is 1. The van der Waals surface area contributed by atoms with Gasteiger partial charge < -0.3 is 4.74 Å². The van der Waals surface area contributed by atoms with Crippen LogP contribution in [0.4, 0.5) is 0 Å². The van der Waals surface area contributed by atoms with Crippen LogP contribution in [0.15, 0.2) is 5.16 Å². The maximum Gasteiger partial charge on any atom is 0.316 e. The molecule has 0 unspecified atom stereocenters. The lowest BCUT2D eigenvalue weighted by atomic mass is 9.98. The van der Waals surface area contributed by atoms with Gasteiger partial charge >= 0.3 is 5.97 Å². The van der Waals surface area contributed by atoms with E-state index in [9.17, 15) is 4.79 Å². The molecule has 3 aromatic heterocycles. The van der Waals surface area contributed by atoms with Crippen molar-refractivity contribution in [2.24, 2.45) is 0 Å². The molecule has 150 valence electrons. The van der Waals surface area contributed by atoms with E-state index in [4.69, 9.17) is 9.72 Å². The maximum atomic E-state index is 12.3. The van der Waals surface area contributed by atoms with Gasteiger partial charge in [0.1, 0.15) is 16.8 Å². The number of nitrogens with zero attached hydrogens (tertiary/aromatic N) is 4. The Morgan fingerprint density at radius 1 is 1.25 bits per heavy atom. The van der Waals surface area contributed by atoms with E-state index >= 15 is 0 Å². The summed E-state index contributed by atoms with van der Waals surface area (Å²) in [5.41, 5.74) is 2.03. The molecule has 0 atom stereocenters. The van der Waals surface area contributed by atoms with Gasteiger partial charge in [-0.25, -0.2) is 4.98 Å². The van der Waals surface area contributed by atoms with Crippen LogP contribution in [-0.2, 0) is 9.53 Å². The summed E-state index contributed by atoms with van der Waals surface area (Å²) >= 11 is 3.08. The van der Waals surface area contributed by atoms with Crippen molar-refractivity contribution in [2.75, 3.05) is 5.75 Å². The molecule has 1 saturated carbocycles. The quantitative estimate of drug-likeness (QED) is 0.427. The fourth-order valence-electron chi connectivity index (χ4n) is 3.75. The van der Waals surface area contributed by atoms with E-state index in [0.29, 0.717) is 5.16 Å². The molecule has 0 bridgehead atoms. The molecule has 0 spiro atoms. The van der Waals surface area contributed by atoms with E-state index in [0.717, 1.165) is 47.4 Å². The van der Waals surface area contributed by atoms with E-state index in [1.165, 1.54) is 28.6 Å². The number of carbonyl (C=O) groups excluding carboxylic acids is 1. The van der Waals surface area contributed by atoms with E-state index in [1.54, 1.807) is 11.3 Å². The van der Waals surface area contributed by atoms with Crippen LogP contribution < -0.4 is 0 Å². The normalized spacial score (nSPS) is 15.8. The Hall–Kier alpha value is -1.67. The van der Waals surface area contributed by atoms with Crippen LogP contribution in [0.2, 0.25) is 0 Å². The lowest BCUT2D eigenvalue weighted by Gasteiger charge is -2.21. The predicted octanol–water partition coefficient (Wildman–Crippen LogP) is 5.05. The average Bonchev–Trinajstić information content (AvgIpc) is 3.21. The van der Waals surface area contributed by atoms with Gasteiger partial charge in [0.15, 0.2) is 10.8 Å². The third-order valence-corrected chi connectivity index (χ3v) is 7.36. The molecule has 6 nitrogen and oxygen atoms in total. The SMILES string of the molecule is Cc1sc2nc(C(C)C)n3c(SCC(=O)OC4CCCCC4)nnc3c2c1C. The zero-order valence-corrected chi connectivity index (χ0v) is 18.5. The van der Waals surface area contributed by atoms with Crippen molar-refractivity contribution in [2.45, 2.75) is 77.0 Å². The van der Waals surface area contributed by atoms with Crippen LogP contribution in [0.25, 0.3) is 15.9 Å². The van der Waals surface area contributed by atoms with Crippen LogP contribution in [0.5, 0.6) is 0 Å². The van der Waals surface area contributed by atoms with Crippen molar-refractivity contribution in [3.05, 3.63) is 16.3 Å². The number of thiophene rings is 1. The molecule has 0 saturated heterocycles. The number of rotatable bonds is 5. The van der Waals surface area contributed by atoms with Crippen LogP contribution in [0.3, 0.4) is 0 Å². The largest absolute Gasteiger partial charge is 0.462 e. The first-order valence-electron chi connectivity index (χ1n) is 9.92. The molecule has 0 amide bonds. The standard InChI is InChI=1S/C20H26N4O2S2/c1-11(2)17-21-19-16(12(3)13(4)28-19)18-22-23-20(24(17)18)27-10-15(25)26-14-8-6-5-7-9-14/h11,14H,5-10H2,1-4H3. The third-order valence-electron chi connectivity index (χ3n) is 5.35. The van der Waals surface area contributed by atoms with Crippen molar-refractivity contribution in [1.29, 1.82) is 0 Å². The third kappa shape index (κ3) is 3.64. The first kappa shape index (κ1) is 19.6. The van der Waals surface area contributed by atoms with Crippen molar-refractivity contribution < 1.29 is 9.53 Å². The zero-order valence-electron chi connectivity index (χ0n) is 16.8. The van der Waals surface area contributed by atoms with E-state index < -0.39 is 0 Å². The minimum atomic E-state index is -0.170. The van der Waals surface area contributed by atoms with Crippen molar-refractivity contribution in [3.8, 4) is 0 Å². The van der Waals surface area contributed by atoms with Crippen LogP contribution in [0, 0.1) is 13.8 Å². The Labute approximate surface area is 173 Å². The Morgan fingerprint density at radius 2 is 2.00 bits per heavy atom. The van der Waals surface area contributed by atoms with E-state index in [1.807, 2.05) is 4.40 Å². The average molecular weight is 419 g/mol. The highest BCUT2D eigenvalue weighted by atomic mass is 32.2. The molecular weight excluding hydrogens is 392 g/mol. The highest BCUT2D eigenvalue weighted by Crippen LogP contribution is 2.34. The van der Waals surface area contributed by atoms with Gasteiger partial charge in [0.2, 0.25) is 0 Å². The van der Waals surface area contributed by atoms with Crippen molar-refractivity contribution >= 4 is 44.9 Å². The summed E-state index contributed by atoms with van der Waals surface area (Å²) < 4.78 is 7.66. The van der Waals surface area contributed by atoms with Gasteiger partial charge in [-0.2, -0.15) is 0 Å². The Kier molecular flexibility index (Phi) is 5.60. The summed E-state index contributed by atoms with van der Waals surface area (Å²) in [6.45, 7) is 8.45. The van der Waals surface area contributed by atoms with Crippen LogP contribution >= 0.6 is 23.1 Å². The minimum Gasteiger partial charge on any atom is -0.462 e. The minimum absolute atomic E-state index is 0.0842. The topological polar surface area (TPSA) is 69.4 Å². The Bertz CT molecular complexity index is 1020. The second-order valence-electron chi connectivity index (χ2n) is 7.77. The van der Waals surface area contributed by atoms with Crippen molar-refractivity contribution in [1.82, 2.24) is 19.6 Å². The molecule has 0 aliphatic heterocycles. The van der Waals surface area contributed by atoms with Crippen LogP contribution in [-0.4, -0.2) is 37.4 Å². The molecule has 28 heavy (non-hydrogen) atoms.